The second kappa shape index (κ2) is 5.43. The first-order valence-corrected chi connectivity index (χ1v) is 11.4. The standard InChI is InChI=1S/C19H21NO2Si/c1-13-12-20(19(21)22)17-9-8-15-14(10-11-23(2,3)4)6-5-7-16(15)18(13)17/h5-9,13H,12H2,1-4H3,(H,21,22). The van der Waals surface area contributed by atoms with E-state index in [1.807, 2.05) is 18.2 Å². The average molecular weight is 323 g/mol. The zero-order chi connectivity index (χ0) is 16.8. The Morgan fingerprint density at radius 2 is 1.96 bits per heavy atom. The first-order valence-electron chi connectivity index (χ1n) is 7.87. The van der Waals surface area contributed by atoms with Crippen molar-refractivity contribution in [2.45, 2.75) is 32.5 Å². The Balaban J connectivity index is 2.21. The first-order chi connectivity index (χ1) is 10.8. The monoisotopic (exact) mass is 323 g/mol. The predicted molar refractivity (Wildman–Crippen MR) is 98.0 cm³/mol. The van der Waals surface area contributed by atoms with Crippen LogP contribution in [0.5, 0.6) is 0 Å². The summed E-state index contributed by atoms with van der Waals surface area (Å²) in [5, 5.41) is 11.6. The van der Waals surface area contributed by atoms with Gasteiger partial charge in [-0.1, -0.05) is 50.7 Å². The van der Waals surface area contributed by atoms with Crippen LogP contribution in [0.2, 0.25) is 19.6 Å². The fourth-order valence-corrected chi connectivity index (χ4v) is 3.64. The number of carboxylic acid groups (broad SMARTS) is 1. The van der Waals surface area contributed by atoms with Gasteiger partial charge in [-0.2, -0.15) is 0 Å². The number of carbonyl (C=O) groups is 1. The van der Waals surface area contributed by atoms with Crippen LogP contribution in [0.4, 0.5) is 10.5 Å². The number of anilines is 1. The van der Waals surface area contributed by atoms with Gasteiger partial charge in [0.1, 0.15) is 8.07 Å². The third-order valence-corrected chi connectivity index (χ3v) is 5.00. The second-order valence-electron chi connectivity index (χ2n) is 7.19. The topological polar surface area (TPSA) is 40.5 Å². The van der Waals surface area contributed by atoms with Crippen LogP contribution in [0.1, 0.15) is 24.0 Å². The van der Waals surface area contributed by atoms with Gasteiger partial charge in [0.2, 0.25) is 0 Å². The molecule has 0 saturated heterocycles. The Morgan fingerprint density at radius 1 is 1.22 bits per heavy atom. The van der Waals surface area contributed by atoms with Crippen LogP contribution in [0.25, 0.3) is 10.8 Å². The molecule has 118 valence electrons. The quantitative estimate of drug-likeness (QED) is 0.565. The van der Waals surface area contributed by atoms with Crippen LogP contribution in [0, 0.1) is 11.5 Å². The zero-order valence-corrected chi connectivity index (χ0v) is 15.0. The summed E-state index contributed by atoms with van der Waals surface area (Å²) < 4.78 is 0. The highest BCUT2D eigenvalue weighted by Gasteiger charge is 2.31. The van der Waals surface area contributed by atoms with Crippen molar-refractivity contribution in [1.82, 2.24) is 0 Å². The maximum absolute atomic E-state index is 11.4. The third-order valence-electron chi connectivity index (χ3n) is 4.12. The van der Waals surface area contributed by atoms with Crippen molar-refractivity contribution >= 4 is 30.6 Å². The van der Waals surface area contributed by atoms with Gasteiger partial charge in [-0.05, 0) is 28.5 Å². The van der Waals surface area contributed by atoms with E-state index in [9.17, 15) is 9.90 Å². The van der Waals surface area contributed by atoms with E-state index in [0.717, 1.165) is 27.6 Å². The van der Waals surface area contributed by atoms with E-state index in [4.69, 9.17) is 0 Å². The molecule has 0 saturated carbocycles. The Hall–Kier alpha value is -2.25. The number of nitrogens with zero attached hydrogens (tertiary/aromatic N) is 1. The highest BCUT2D eigenvalue weighted by Crippen LogP contribution is 2.41. The normalized spacial score (nSPS) is 16.9. The average Bonchev–Trinajstić information content (AvgIpc) is 2.82. The van der Waals surface area contributed by atoms with Crippen LogP contribution in [0.15, 0.2) is 30.3 Å². The molecule has 0 radical (unpaired) electrons. The number of fused-ring (bicyclic) bond motifs is 3. The largest absolute Gasteiger partial charge is 0.465 e. The number of rotatable bonds is 0. The number of amides is 1. The summed E-state index contributed by atoms with van der Waals surface area (Å²) >= 11 is 0. The predicted octanol–water partition coefficient (Wildman–Crippen LogP) is 4.67. The molecule has 0 aromatic heterocycles. The minimum Gasteiger partial charge on any atom is -0.465 e. The lowest BCUT2D eigenvalue weighted by Crippen LogP contribution is -2.27. The molecule has 3 nitrogen and oxygen atoms in total. The van der Waals surface area contributed by atoms with Crippen molar-refractivity contribution in [3.05, 3.63) is 41.5 Å². The molecule has 0 spiro atoms. The van der Waals surface area contributed by atoms with E-state index in [-0.39, 0.29) is 5.92 Å². The molecule has 2 aromatic rings. The van der Waals surface area contributed by atoms with Gasteiger partial charge in [0.25, 0.3) is 0 Å². The van der Waals surface area contributed by atoms with Crippen LogP contribution < -0.4 is 4.90 Å². The molecular weight excluding hydrogens is 302 g/mol. The van der Waals surface area contributed by atoms with Crippen molar-refractivity contribution in [1.29, 1.82) is 0 Å². The van der Waals surface area contributed by atoms with Gasteiger partial charge in [-0.25, -0.2) is 4.79 Å². The van der Waals surface area contributed by atoms with Crippen molar-refractivity contribution in [2.24, 2.45) is 0 Å². The van der Waals surface area contributed by atoms with E-state index >= 15 is 0 Å². The molecule has 4 heteroatoms. The summed E-state index contributed by atoms with van der Waals surface area (Å²) in [6.45, 7) is 9.30. The number of hydrogen-bond acceptors (Lipinski definition) is 1. The van der Waals surface area contributed by atoms with E-state index in [1.165, 1.54) is 4.90 Å². The summed E-state index contributed by atoms with van der Waals surface area (Å²) in [6, 6.07) is 10.1. The van der Waals surface area contributed by atoms with Crippen LogP contribution >= 0.6 is 0 Å². The Morgan fingerprint density at radius 3 is 2.61 bits per heavy atom. The summed E-state index contributed by atoms with van der Waals surface area (Å²) in [5.41, 5.74) is 6.40. The van der Waals surface area contributed by atoms with E-state index in [2.05, 4.69) is 50.2 Å². The third kappa shape index (κ3) is 2.85. The van der Waals surface area contributed by atoms with Crippen LogP contribution in [0.3, 0.4) is 0 Å². The number of benzene rings is 2. The van der Waals surface area contributed by atoms with Crippen LogP contribution in [-0.4, -0.2) is 25.8 Å². The molecule has 1 N–H and O–H groups in total. The highest BCUT2D eigenvalue weighted by atomic mass is 28.3. The van der Waals surface area contributed by atoms with Crippen molar-refractivity contribution < 1.29 is 9.90 Å². The lowest BCUT2D eigenvalue weighted by Gasteiger charge is -2.13. The molecule has 1 aliphatic rings. The van der Waals surface area contributed by atoms with Gasteiger partial charge < -0.3 is 5.11 Å². The zero-order valence-electron chi connectivity index (χ0n) is 14.0. The Bertz CT molecular complexity index is 855. The molecule has 0 fully saturated rings. The number of hydrogen-bond donors (Lipinski definition) is 1. The second-order valence-corrected chi connectivity index (χ2v) is 11.9. The molecular formula is C19H21NO2Si. The molecule has 2 aromatic carbocycles. The van der Waals surface area contributed by atoms with Gasteiger partial charge in [0.05, 0.1) is 5.69 Å². The summed E-state index contributed by atoms with van der Waals surface area (Å²) in [7, 11) is -1.43. The smallest absolute Gasteiger partial charge is 0.411 e. The minimum atomic E-state index is -1.43. The molecule has 0 aliphatic carbocycles. The molecule has 0 bridgehead atoms. The van der Waals surface area contributed by atoms with Crippen molar-refractivity contribution in [3.8, 4) is 11.5 Å². The summed E-state index contributed by atoms with van der Waals surface area (Å²) in [5.74, 6) is 3.55. The Kier molecular flexibility index (Phi) is 3.69. The highest BCUT2D eigenvalue weighted by molar-refractivity contribution is 6.83. The fraction of sp³-hybridized carbons (Fsp3) is 0.316. The van der Waals surface area contributed by atoms with Crippen molar-refractivity contribution in [2.75, 3.05) is 11.4 Å². The molecule has 1 atom stereocenters. The van der Waals surface area contributed by atoms with Crippen LogP contribution in [-0.2, 0) is 0 Å². The molecule has 1 aliphatic heterocycles. The van der Waals surface area contributed by atoms with Crippen molar-refractivity contribution in [3.63, 3.8) is 0 Å². The van der Waals surface area contributed by atoms with Gasteiger partial charge in [0, 0.05) is 18.0 Å². The SMILES string of the molecule is CC1CN(C(=O)O)c2ccc3c(C#C[Si](C)(C)C)cccc3c21. The maximum Gasteiger partial charge on any atom is 0.411 e. The molecule has 23 heavy (non-hydrogen) atoms. The minimum absolute atomic E-state index is 0.199. The lowest BCUT2D eigenvalue weighted by molar-refractivity contribution is 0.202. The Labute approximate surface area is 137 Å². The van der Waals surface area contributed by atoms with E-state index in [1.54, 1.807) is 0 Å². The van der Waals surface area contributed by atoms with E-state index in [0.29, 0.717) is 6.54 Å². The van der Waals surface area contributed by atoms with Gasteiger partial charge in [-0.3, -0.25) is 4.90 Å². The molecule has 1 unspecified atom stereocenters. The summed E-state index contributed by atoms with van der Waals surface area (Å²) in [6.07, 6.45) is -0.885. The lowest BCUT2D eigenvalue weighted by atomic mass is 9.94. The molecule has 1 amide bonds. The van der Waals surface area contributed by atoms with E-state index < -0.39 is 14.2 Å². The van der Waals surface area contributed by atoms with Gasteiger partial charge in [-0.15, -0.1) is 5.54 Å². The molecule has 3 rings (SSSR count). The first kappa shape index (κ1) is 15.6. The summed E-state index contributed by atoms with van der Waals surface area (Å²) in [4.78, 5) is 12.9. The van der Waals surface area contributed by atoms with Gasteiger partial charge in [0.15, 0.2) is 0 Å². The fourth-order valence-electron chi connectivity index (χ4n) is 3.13. The van der Waals surface area contributed by atoms with Gasteiger partial charge >= 0.3 is 6.09 Å². The molecule has 1 heterocycles. The maximum atomic E-state index is 11.4.